The van der Waals surface area contributed by atoms with Crippen LogP contribution in [0.15, 0.2) is 48.7 Å². The van der Waals surface area contributed by atoms with Crippen LogP contribution in [-0.4, -0.2) is 37.1 Å². The fourth-order valence-electron chi connectivity index (χ4n) is 2.66. The SMILES string of the molecule is COc1ccc(Cn2nnc(-c3c[nH]n(-c4ccc(Cl)c(Cl)c4)c3=S)n2)cc1. The smallest absolute Gasteiger partial charge is 0.209 e. The Morgan fingerprint density at radius 1 is 1.11 bits per heavy atom. The molecule has 2 heterocycles. The second kappa shape index (κ2) is 7.75. The van der Waals surface area contributed by atoms with Crippen molar-refractivity contribution >= 4 is 35.4 Å². The first-order valence-corrected chi connectivity index (χ1v) is 9.38. The zero-order valence-electron chi connectivity index (χ0n) is 14.6. The zero-order valence-corrected chi connectivity index (χ0v) is 17.0. The van der Waals surface area contributed by atoms with E-state index in [1.165, 1.54) is 4.80 Å². The summed E-state index contributed by atoms with van der Waals surface area (Å²) < 4.78 is 7.39. The number of nitrogens with zero attached hydrogens (tertiary/aromatic N) is 5. The highest BCUT2D eigenvalue weighted by atomic mass is 35.5. The number of nitrogens with one attached hydrogen (secondary N) is 1. The van der Waals surface area contributed by atoms with Crippen molar-refractivity contribution in [2.75, 3.05) is 7.11 Å². The van der Waals surface area contributed by atoms with Gasteiger partial charge >= 0.3 is 0 Å². The molecule has 0 spiro atoms. The van der Waals surface area contributed by atoms with E-state index >= 15 is 0 Å². The molecule has 0 radical (unpaired) electrons. The van der Waals surface area contributed by atoms with Crippen LogP contribution in [0.1, 0.15) is 5.56 Å². The van der Waals surface area contributed by atoms with Gasteiger partial charge in [0.1, 0.15) is 10.4 Å². The minimum absolute atomic E-state index is 0.438. The van der Waals surface area contributed by atoms with Crippen LogP contribution in [0.25, 0.3) is 17.1 Å². The Labute approximate surface area is 175 Å². The molecule has 142 valence electrons. The first kappa shape index (κ1) is 18.7. The van der Waals surface area contributed by atoms with E-state index in [9.17, 15) is 0 Å². The van der Waals surface area contributed by atoms with E-state index in [2.05, 4.69) is 20.5 Å². The van der Waals surface area contributed by atoms with E-state index < -0.39 is 0 Å². The molecule has 0 saturated carbocycles. The van der Waals surface area contributed by atoms with Gasteiger partial charge in [0.05, 0.1) is 35.0 Å². The molecule has 0 unspecified atom stereocenters. The van der Waals surface area contributed by atoms with Crippen molar-refractivity contribution in [1.29, 1.82) is 0 Å². The zero-order chi connectivity index (χ0) is 19.7. The summed E-state index contributed by atoms with van der Waals surface area (Å²) in [4.78, 5) is 1.52. The molecule has 10 heteroatoms. The van der Waals surface area contributed by atoms with Gasteiger partial charge in [-0.25, -0.2) is 4.68 Å². The van der Waals surface area contributed by atoms with E-state index in [-0.39, 0.29) is 0 Å². The Morgan fingerprint density at radius 2 is 1.89 bits per heavy atom. The molecule has 0 fully saturated rings. The molecule has 2 aromatic carbocycles. The summed E-state index contributed by atoms with van der Waals surface area (Å²) in [5.74, 6) is 1.24. The number of H-pyrrole nitrogens is 1. The maximum Gasteiger partial charge on any atom is 0.209 e. The molecule has 4 rings (SSSR count). The van der Waals surface area contributed by atoms with Crippen LogP contribution in [0.4, 0.5) is 0 Å². The highest BCUT2D eigenvalue weighted by Gasteiger charge is 2.13. The van der Waals surface area contributed by atoms with Crippen molar-refractivity contribution in [3.05, 3.63) is 68.9 Å². The van der Waals surface area contributed by atoms with Crippen LogP contribution < -0.4 is 4.74 Å². The third-order valence-electron chi connectivity index (χ3n) is 4.11. The fraction of sp³-hybridized carbons (Fsp3) is 0.111. The van der Waals surface area contributed by atoms with Crippen molar-refractivity contribution < 1.29 is 4.74 Å². The summed E-state index contributed by atoms with van der Waals surface area (Å²) in [7, 11) is 1.63. The third kappa shape index (κ3) is 3.66. The molecule has 4 aromatic rings. The molecular weight excluding hydrogens is 419 g/mol. The van der Waals surface area contributed by atoms with Crippen LogP contribution in [0.5, 0.6) is 5.75 Å². The highest BCUT2D eigenvalue weighted by Crippen LogP contribution is 2.26. The minimum atomic E-state index is 0.438. The Hall–Kier alpha value is -2.68. The summed E-state index contributed by atoms with van der Waals surface area (Å²) in [5.41, 5.74) is 2.46. The lowest BCUT2D eigenvalue weighted by atomic mass is 10.2. The molecule has 0 amide bonds. The highest BCUT2D eigenvalue weighted by molar-refractivity contribution is 7.71. The number of aromatic amines is 1. The second-order valence-electron chi connectivity index (χ2n) is 5.92. The Balaban J connectivity index is 1.59. The first-order chi connectivity index (χ1) is 13.5. The van der Waals surface area contributed by atoms with Gasteiger partial charge in [-0.1, -0.05) is 47.6 Å². The van der Waals surface area contributed by atoms with Crippen molar-refractivity contribution in [3.8, 4) is 22.8 Å². The van der Waals surface area contributed by atoms with Gasteiger partial charge in [0, 0.05) is 6.20 Å². The van der Waals surface area contributed by atoms with Gasteiger partial charge in [0.15, 0.2) is 0 Å². The molecule has 7 nitrogen and oxygen atoms in total. The predicted molar refractivity (Wildman–Crippen MR) is 110 cm³/mol. The van der Waals surface area contributed by atoms with Gasteiger partial charge in [-0.05, 0) is 41.1 Å². The molecule has 28 heavy (non-hydrogen) atoms. The number of benzene rings is 2. The van der Waals surface area contributed by atoms with Gasteiger partial charge < -0.3 is 4.74 Å². The van der Waals surface area contributed by atoms with E-state index in [4.69, 9.17) is 40.2 Å². The lowest BCUT2D eigenvalue weighted by Gasteiger charge is -2.04. The molecule has 0 aliphatic heterocycles. The summed E-state index contributed by atoms with van der Waals surface area (Å²) in [6, 6.07) is 12.9. The van der Waals surface area contributed by atoms with Crippen molar-refractivity contribution in [2.45, 2.75) is 6.54 Å². The monoisotopic (exact) mass is 432 g/mol. The van der Waals surface area contributed by atoms with Crippen LogP contribution in [0.2, 0.25) is 10.0 Å². The Morgan fingerprint density at radius 3 is 2.61 bits per heavy atom. The van der Waals surface area contributed by atoms with E-state index in [1.807, 2.05) is 30.3 Å². The average molecular weight is 433 g/mol. The fourth-order valence-corrected chi connectivity index (χ4v) is 3.26. The summed E-state index contributed by atoms with van der Waals surface area (Å²) in [6.45, 7) is 0.487. The normalized spacial score (nSPS) is 11.0. The lowest BCUT2D eigenvalue weighted by molar-refractivity contribution is 0.414. The van der Waals surface area contributed by atoms with Gasteiger partial charge in [0.25, 0.3) is 0 Å². The molecule has 0 bridgehead atoms. The minimum Gasteiger partial charge on any atom is -0.497 e. The van der Waals surface area contributed by atoms with Crippen molar-refractivity contribution in [1.82, 2.24) is 30.0 Å². The number of hydrogen-bond acceptors (Lipinski definition) is 5. The molecule has 0 atom stereocenters. The van der Waals surface area contributed by atoms with Crippen LogP contribution in [0.3, 0.4) is 0 Å². The number of rotatable bonds is 5. The third-order valence-corrected chi connectivity index (χ3v) is 5.25. The lowest BCUT2D eigenvalue weighted by Crippen LogP contribution is -2.04. The number of tetrazole rings is 1. The van der Waals surface area contributed by atoms with Crippen LogP contribution >= 0.6 is 35.4 Å². The van der Waals surface area contributed by atoms with Gasteiger partial charge in [-0.2, -0.15) is 4.80 Å². The standard InChI is InChI=1S/C18H14Cl2N6OS/c1-27-13-5-2-11(3-6-13)10-25-23-17(22-24-25)14-9-21-26(18(14)28)12-4-7-15(19)16(20)8-12/h2-9,21H,10H2,1H3. The summed E-state index contributed by atoms with van der Waals surface area (Å²) >= 11 is 17.6. The number of hydrogen-bond donors (Lipinski definition) is 1. The predicted octanol–water partition coefficient (Wildman–Crippen LogP) is 4.55. The summed E-state index contributed by atoms with van der Waals surface area (Å²) in [5, 5.41) is 16.7. The van der Waals surface area contributed by atoms with Crippen LogP contribution in [-0.2, 0) is 6.54 Å². The Kier molecular flexibility index (Phi) is 5.17. The molecule has 0 aliphatic rings. The van der Waals surface area contributed by atoms with Gasteiger partial charge in [0.2, 0.25) is 5.82 Å². The quantitative estimate of drug-likeness (QED) is 0.468. The number of halogens is 2. The van der Waals surface area contributed by atoms with E-state index in [1.54, 1.807) is 30.1 Å². The molecule has 2 aromatic heterocycles. The molecule has 0 saturated heterocycles. The first-order valence-electron chi connectivity index (χ1n) is 8.22. The topological polar surface area (TPSA) is 73.5 Å². The van der Waals surface area contributed by atoms with Crippen molar-refractivity contribution in [3.63, 3.8) is 0 Å². The maximum absolute atomic E-state index is 6.10. The average Bonchev–Trinajstić information content (AvgIpc) is 3.31. The van der Waals surface area contributed by atoms with E-state index in [0.29, 0.717) is 32.6 Å². The molecule has 0 aliphatic carbocycles. The maximum atomic E-state index is 6.10. The van der Waals surface area contributed by atoms with Gasteiger partial charge in [-0.15, -0.1) is 10.2 Å². The number of aromatic nitrogens is 6. The number of methoxy groups -OCH3 is 1. The summed E-state index contributed by atoms with van der Waals surface area (Å²) in [6.07, 6.45) is 1.74. The van der Waals surface area contributed by atoms with Crippen LogP contribution in [0, 0.1) is 4.64 Å². The van der Waals surface area contributed by atoms with E-state index in [0.717, 1.165) is 17.0 Å². The second-order valence-corrected chi connectivity index (χ2v) is 7.12. The van der Waals surface area contributed by atoms with Crippen molar-refractivity contribution in [2.24, 2.45) is 0 Å². The number of ether oxygens (including phenoxy) is 1. The molecular formula is C18H14Cl2N6OS. The molecule has 1 N–H and O–H groups in total. The largest absolute Gasteiger partial charge is 0.497 e. The van der Waals surface area contributed by atoms with Gasteiger partial charge in [-0.3, -0.25) is 5.10 Å². The Bertz CT molecular complexity index is 1180.